The van der Waals surface area contributed by atoms with Gasteiger partial charge in [-0.3, -0.25) is 9.69 Å². The van der Waals surface area contributed by atoms with Gasteiger partial charge in [0.2, 0.25) is 5.91 Å². The van der Waals surface area contributed by atoms with Crippen molar-refractivity contribution in [3.63, 3.8) is 0 Å². The Labute approximate surface area is 173 Å². The average Bonchev–Trinajstić information content (AvgIpc) is 2.73. The first kappa shape index (κ1) is 20.7. The standard InChI is InChI=1S/C23H30ClN3O/c1-4-17(2)19-9-5-7-11-21(19)25-23(28)18(3)26-13-15-27(16-14-26)22-12-8-6-10-20(22)24/h5-12,17-18H,4,13-16H2,1-3H3,(H,25,28)/t17-,18+/m1/s1. The van der Waals surface area contributed by atoms with Crippen LogP contribution in [0.4, 0.5) is 11.4 Å². The SMILES string of the molecule is CC[C@@H](C)c1ccccc1NC(=O)[C@H](C)N1CCN(c2ccccc2Cl)CC1. The number of amides is 1. The van der Waals surface area contributed by atoms with Gasteiger partial charge in [0.15, 0.2) is 0 Å². The number of piperazine rings is 1. The molecule has 0 bridgehead atoms. The number of para-hydroxylation sites is 2. The van der Waals surface area contributed by atoms with Crippen molar-refractivity contribution in [2.24, 2.45) is 0 Å². The number of hydrogen-bond acceptors (Lipinski definition) is 3. The van der Waals surface area contributed by atoms with Crippen LogP contribution in [0.2, 0.25) is 5.02 Å². The van der Waals surface area contributed by atoms with Gasteiger partial charge in [0.25, 0.3) is 0 Å². The maximum absolute atomic E-state index is 12.9. The van der Waals surface area contributed by atoms with Crippen molar-refractivity contribution in [3.05, 3.63) is 59.1 Å². The quantitative estimate of drug-likeness (QED) is 0.742. The molecule has 1 fully saturated rings. The number of nitrogens with one attached hydrogen (secondary N) is 1. The summed E-state index contributed by atoms with van der Waals surface area (Å²) in [6.45, 7) is 9.77. The van der Waals surface area contributed by atoms with Crippen molar-refractivity contribution in [3.8, 4) is 0 Å². The van der Waals surface area contributed by atoms with Gasteiger partial charge in [-0.1, -0.05) is 55.8 Å². The summed E-state index contributed by atoms with van der Waals surface area (Å²) in [5.41, 5.74) is 3.21. The predicted octanol–water partition coefficient (Wildman–Crippen LogP) is 5.00. The Morgan fingerprint density at radius 2 is 1.68 bits per heavy atom. The molecule has 150 valence electrons. The Morgan fingerprint density at radius 3 is 2.36 bits per heavy atom. The molecule has 3 rings (SSSR count). The fraction of sp³-hybridized carbons (Fsp3) is 0.435. The van der Waals surface area contributed by atoms with Crippen molar-refractivity contribution in [2.45, 2.75) is 39.2 Å². The highest BCUT2D eigenvalue weighted by Crippen LogP contribution is 2.28. The largest absolute Gasteiger partial charge is 0.368 e. The van der Waals surface area contributed by atoms with E-state index in [0.717, 1.165) is 49.0 Å². The Morgan fingerprint density at radius 1 is 1.04 bits per heavy atom. The molecule has 1 saturated heterocycles. The first-order chi connectivity index (χ1) is 13.5. The van der Waals surface area contributed by atoms with Crippen LogP contribution in [-0.4, -0.2) is 43.0 Å². The highest BCUT2D eigenvalue weighted by atomic mass is 35.5. The number of anilines is 2. The molecular formula is C23H30ClN3O. The molecular weight excluding hydrogens is 370 g/mol. The molecule has 0 aliphatic carbocycles. The van der Waals surface area contributed by atoms with E-state index < -0.39 is 0 Å². The number of hydrogen-bond donors (Lipinski definition) is 1. The van der Waals surface area contributed by atoms with E-state index >= 15 is 0 Å². The number of carbonyl (C=O) groups excluding carboxylic acids is 1. The van der Waals surface area contributed by atoms with E-state index in [1.54, 1.807) is 0 Å². The summed E-state index contributed by atoms with van der Waals surface area (Å²) in [5, 5.41) is 3.94. The van der Waals surface area contributed by atoms with Crippen molar-refractivity contribution >= 4 is 28.9 Å². The van der Waals surface area contributed by atoms with Gasteiger partial charge in [-0.2, -0.15) is 0 Å². The second-order valence-electron chi connectivity index (χ2n) is 7.54. The van der Waals surface area contributed by atoms with Crippen molar-refractivity contribution in [1.29, 1.82) is 0 Å². The van der Waals surface area contributed by atoms with Crippen molar-refractivity contribution in [2.75, 3.05) is 36.4 Å². The van der Waals surface area contributed by atoms with Gasteiger partial charge in [-0.25, -0.2) is 0 Å². The smallest absolute Gasteiger partial charge is 0.241 e. The van der Waals surface area contributed by atoms with Crippen molar-refractivity contribution in [1.82, 2.24) is 4.90 Å². The minimum Gasteiger partial charge on any atom is -0.368 e. The average molecular weight is 400 g/mol. The van der Waals surface area contributed by atoms with Crippen LogP contribution in [0.25, 0.3) is 0 Å². The summed E-state index contributed by atoms with van der Waals surface area (Å²) in [6.07, 6.45) is 1.05. The molecule has 0 saturated carbocycles. The monoisotopic (exact) mass is 399 g/mol. The summed E-state index contributed by atoms with van der Waals surface area (Å²) in [4.78, 5) is 17.4. The van der Waals surface area contributed by atoms with E-state index in [0.29, 0.717) is 5.92 Å². The number of rotatable bonds is 6. The molecule has 4 nitrogen and oxygen atoms in total. The van der Waals surface area contributed by atoms with Crippen LogP contribution in [0.15, 0.2) is 48.5 Å². The highest BCUT2D eigenvalue weighted by molar-refractivity contribution is 6.33. The molecule has 0 aromatic heterocycles. The minimum atomic E-state index is -0.168. The first-order valence-electron chi connectivity index (χ1n) is 10.1. The molecule has 2 atom stereocenters. The molecule has 1 aliphatic rings. The second-order valence-corrected chi connectivity index (χ2v) is 7.94. The van der Waals surface area contributed by atoms with E-state index in [1.807, 2.05) is 43.3 Å². The van der Waals surface area contributed by atoms with Gasteiger partial charge in [0.1, 0.15) is 0 Å². The number of halogens is 1. The van der Waals surface area contributed by atoms with Gasteiger partial charge in [-0.15, -0.1) is 0 Å². The second kappa shape index (κ2) is 9.44. The number of benzene rings is 2. The molecule has 1 N–H and O–H groups in total. The van der Waals surface area contributed by atoms with E-state index in [2.05, 4.69) is 41.1 Å². The van der Waals surface area contributed by atoms with Crippen molar-refractivity contribution < 1.29 is 4.79 Å². The molecule has 0 radical (unpaired) electrons. The van der Waals surface area contributed by atoms with Crippen LogP contribution in [0, 0.1) is 0 Å². The Bertz CT molecular complexity index is 802. The Balaban J connectivity index is 1.60. The van der Waals surface area contributed by atoms with Crippen LogP contribution in [0.5, 0.6) is 0 Å². The summed E-state index contributed by atoms with van der Waals surface area (Å²) in [7, 11) is 0. The lowest BCUT2D eigenvalue weighted by Gasteiger charge is -2.38. The maximum atomic E-state index is 12.9. The first-order valence-corrected chi connectivity index (χ1v) is 10.5. The topological polar surface area (TPSA) is 35.6 Å². The fourth-order valence-corrected chi connectivity index (χ4v) is 3.98. The third kappa shape index (κ3) is 4.68. The fourth-order valence-electron chi connectivity index (χ4n) is 3.72. The summed E-state index contributed by atoms with van der Waals surface area (Å²) < 4.78 is 0. The van der Waals surface area contributed by atoms with Crippen LogP contribution in [0.1, 0.15) is 38.7 Å². The molecule has 1 heterocycles. The van der Waals surface area contributed by atoms with Gasteiger partial charge >= 0.3 is 0 Å². The van der Waals surface area contributed by atoms with E-state index in [1.165, 1.54) is 5.56 Å². The number of carbonyl (C=O) groups is 1. The number of nitrogens with zero attached hydrogens (tertiary/aromatic N) is 2. The van der Waals surface area contributed by atoms with Crippen LogP contribution in [-0.2, 0) is 4.79 Å². The summed E-state index contributed by atoms with van der Waals surface area (Å²) in [5.74, 6) is 0.480. The van der Waals surface area contributed by atoms with Gasteiger partial charge in [-0.05, 0) is 43.0 Å². The van der Waals surface area contributed by atoms with Gasteiger partial charge in [0.05, 0.1) is 16.8 Å². The third-order valence-corrected chi connectivity index (χ3v) is 6.12. The maximum Gasteiger partial charge on any atom is 0.241 e. The summed E-state index contributed by atoms with van der Waals surface area (Å²) >= 11 is 6.33. The molecule has 2 aromatic rings. The van der Waals surface area contributed by atoms with Crippen LogP contribution >= 0.6 is 11.6 Å². The molecule has 1 aliphatic heterocycles. The zero-order chi connectivity index (χ0) is 20.1. The lowest BCUT2D eigenvalue weighted by Crippen LogP contribution is -2.53. The van der Waals surface area contributed by atoms with E-state index in [9.17, 15) is 4.79 Å². The molecule has 1 amide bonds. The van der Waals surface area contributed by atoms with Crippen LogP contribution < -0.4 is 10.2 Å². The predicted molar refractivity (Wildman–Crippen MR) is 118 cm³/mol. The van der Waals surface area contributed by atoms with Crippen LogP contribution in [0.3, 0.4) is 0 Å². The van der Waals surface area contributed by atoms with E-state index in [-0.39, 0.29) is 11.9 Å². The highest BCUT2D eigenvalue weighted by Gasteiger charge is 2.26. The van der Waals surface area contributed by atoms with E-state index in [4.69, 9.17) is 11.6 Å². The lowest BCUT2D eigenvalue weighted by molar-refractivity contribution is -0.120. The lowest BCUT2D eigenvalue weighted by atomic mass is 9.97. The zero-order valence-electron chi connectivity index (χ0n) is 17.0. The molecule has 0 unspecified atom stereocenters. The third-order valence-electron chi connectivity index (χ3n) is 5.80. The zero-order valence-corrected chi connectivity index (χ0v) is 17.7. The Hall–Kier alpha value is -2.04. The molecule has 5 heteroatoms. The Kier molecular flexibility index (Phi) is 6.97. The molecule has 2 aromatic carbocycles. The summed E-state index contributed by atoms with van der Waals surface area (Å²) in [6, 6.07) is 15.9. The molecule has 28 heavy (non-hydrogen) atoms. The van der Waals surface area contributed by atoms with Gasteiger partial charge in [0, 0.05) is 31.9 Å². The molecule has 0 spiro atoms. The minimum absolute atomic E-state index is 0.0574. The normalized spacial score (nSPS) is 17.2. The van der Waals surface area contributed by atoms with Gasteiger partial charge < -0.3 is 10.2 Å².